The molecule has 0 fully saturated rings. The molecule has 0 spiro atoms. The van der Waals surface area contributed by atoms with Crippen LogP contribution in [0.4, 0.5) is 4.39 Å². The van der Waals surface area contributed by atoms with Crippen molar-refractivity contribution in [1.82, 2.24) is 14.9 Å². The molecule has 0 aliphatic carbocycles. The Morgan fingerprint density at radius 2 is 1.82 bits per heavy atom. The van der Waals surface area contributed by atoms with E-state index in [4.69, 9.17) is 4.98 Å². The average Bonchev–Trinajstić information content (AvgIpc) is 3.06. The minimum Gasteiger partial charge on any atom is -0.352 e. The van der Waals surface area contributed by atoms with Gasteiger partial charge in [-0.2, -0.15) is 0 Å². The molecule has 0 bridgehead atoms. The maximum Gasteiger partial charge on any atom is 0.254 e. The Morgan fingerprint density at radius 1 is 1.04 bits per heavy atom. The summed E-state index contributed by atoms with van der Waals surface area (Å²) < 4.78 is 15.9. The van der Waals surface area contributed by atoms with Gasteiger partial charge in [0.15, 0.2) is 0 Å². The Bertz CT molecular complexity index is 919. The number of benzene rings is 2. The molecule has 1 heterocycles. The Balaban J connectivity index is 1.46. The van der Waals surface area contributed by atoms with Crippen LogP contribution in [0.3, 0.4) is 0 Å². The van der Waals surface area contributed by atoms with Gasteiger partial charge in [0.2, 0.25) is 0 Å². The molecule has 1 N–H and O–H groups in total. The number of fused-ring (bicyclic) bond motifs is 1. The molecular formula is C23H28FN3O. The predicted molar refractivity (Wildman–Crippen MR) is 111 cm³/mol. The highest BCUT2D eigenvalue weighted by atomic mass is 19.1. The largest absolute Gasteiger partial charge is 0.352 e. The van der Waals surface area contributed by atoms with E-state index in [0.29, 0.717) is 6.54 Å². The Kier molecular flexibility index (Phi) is 7.18. The molecule has 0 saturated carbocycles. The van der Waals surface area contributed by atoms with E-state index < -0.39 is 5.82 Å². The topological polar surface area (TPSA) is 46.9 Å². The first-order valence-corrected chi connectivity index (χ1v) is 10.2. The lowest BCUT2D eigenvalue weighted by molar-refractivity contribution is 0.0949. The summed E-state index contributed by atoms with van der Waals surface area (Å²) in [5, 5.41) is 2.80. The van der Waals surface area contributed by atoms with Gasteiger partial charge in [-0.15, -0.1) is 0 Å². The molecule has 1 amide bonds. The predicted octanol–water partition coefficient (Wildman–Crippen LogP) is 5.12. The molecule has 0 aliphatic heterocycles. The summed E-state index contributed by atoms with van der Waals surface area (Å²) in [6.45, 7) is 3.76. The van der Waals surface area contributed by atoms with E-state index in [9.17, 15) is 9.18 Å². The van der Waals surface area contributed by atoms with Crippen molar-refractivity contribution < 1.29 is 9.18 Å². The summed E-state index contributed by atoms with van der Waals surface area (Å²) in [7, 11) is 0. The molecule has 0 radical (unpaired) electrons. The average molecular weight is 381 g/mol. The highest BCUT2D eigenvalue weighted by Crippen LogP contribution is 2.18. The van der Waals surface area contributed by atoms with Crippen LogP contribution in [-0.4, -0.2) is 22.0 Å². The molecule has 148 valence electrons. The van der Waals surface area contributed by atoms with Crippen LogP contribution in [0.1, 0.15) is 55.2 Å². The third-order valence-corrected chi connectivity index (χ3v) is 4.95. The first-order valence-electron chi connectivity index (χ1n) is 10.2. The highest BCUT2D eigenvalue weighted by molar-refractivity contribution is 5.94. The second-order valence-corrected chi connectivity index (χ2v) is 7.07. The number of nitrogens with zero attached hydrogens (tertiary/aromatic N) is 2. The lowest BCUT2D eigenvalue weighted by atomic mass is 10.1. The second-order valence-electron chi connectivity index (χ2n) is 7.07. The zero-order chi connectivity index (χ0) is 19.8. The minimum absolute atomic E-state index is 0.104. The van der Waals surface area contributed by atoms with Gasteiger partial charge >= 0.3 is 0 Å². The van der Waals surface area contributed by atoms with E-state index in [1.165, 1.54) is 17.6 Å². The number of hydrogen-bond donors (Lipinski definition) is 1. The van der Waals surface area contributed by atoms with Crippen molar-refractivity contribution in [3.63, 3.8) is 0 Å². The van der Waals surface area contributed by atoms with Crippen LogP contribution in [0.2, 0.25) is 0 Å². The molecule has 0 aliphatic rings. The van der Waals surface area contributed by atoms with Gasteiger partial charge in [-0.1, -0.05) is 44.0 Å². The SMILES string of the molecule is CCCCn1c(CCCCCNC(=O)c2ccccc2F)nc2ccccc21. The maximum atomic E-state index is 13.6. The number of rotatable bonds is 10. The van der Waals surface area contributed by atoms with Gasteiger partial charge in [-0.05, 0) is 43.5 Å². The summed E-state index contributed by atoms with van der Waals surface area (Å²) in [6, 6.07) is 14.4. The number of nitrogens with one attached hydrogen (secondary N) is 1. The van der Waals surface area contributed by atoms with E-state index >= 15 is 0 Å². The van der Waals surface area contributed by atoms with Crippen LogP contribution >= 0.6 is 0 Å². The summed E-state index contributed by atoms with van der Waals surface area (Å²) in [5.74, 6) is 0.315. The van der Waals surface area contributed by atoms with Crippen molar-refractivity contribution >= 4 is 16.9 Å². The summed E-state index contributed by atoms with van der Waals surface area (Å²) in [6.07, 6.45) is 6.12. The lowest BCUT2D eigenvalue weighted by Crippen LogP contribution is -2.25. The number of unbranched alkanes of at least 4 members (excludes halogenated alkanes) is 3. The van der Waals surface area contributed by atoms with E-state index in [1.54, 1.807) is 12.1 Å². The van der Waals surface area contributed by atoms with E-state index in [2.05, 4.69) is 35.0 Å². The molecule has 3 rings (SSSR count). The molecule has 3 aromatic rings. The summed E-state index contributed by atoms with van der Waals surface area (Å²) in [5.41, 5.74) is 2.38. The number of aromatic nitrogens is 2. The van der Waals surface area contributed by atoms with Crippen LogP contribution in [-0.2, 0) is 13.0 Å². The monoisotopic (exact) mass is 381 g/mol. The first kappa shape index (κ1) is 20.1. The van der Waals surface area contributed by atoms with Crippen molar-refractivity contribution in [3.05, 3.63) is 65.7 Å². The third-order valence-electron chi connectivity index (χ3n) is 4.95. The number of halogens is 1. The van der Waals surface area contributed by atoms with Crippen LogP contribution in [0, 0.1) is 5.82 Å². The van der Waals surface area contributed by atoms with E-state index in [-0.39, 0.29) is 11.5 Å². The number of carbonyl (C=O) groups excluding carboxylic acids is 1. The minimum atomic E-state index is -0.481. The van der Waals surface area contributed by atoms with Gasteiger partial charge in [0, 0.05) is 19.5 Å². The van der Waals surface area contributed by atoms with Gasteiger partial charge in [0.05, 0.1) is 16.6 Å². The first-order chi connectivity index (χ1) is 13.7. The molecule has 2 aromatic carbocycles. The molecule has 1 aromatic heterocycles. The molecule has 4 nitrogen and oxygen atoms in total. The summed E-state index contributed by atoms with van der Waals surface area (Å²) in [4.78, 5) is 16.8. The second kappa shape index (κ2) is 10.0. The van der Waals surface area contributed by atoms with Gasteiger partial charge < -0.3 is 9.88 Å². The Hall–Kier alpha value is -2.69. The van der Waals surface area contributed by atoms with Gasteiger partial charge in [0.25, 0.3) is 5.91 Å². The standard InChI is InChI=1S/C23H28FN3O/c1-2-3-17-27-21-14-9-8-13-20(21)26-22(27)15-5-4-10-16-25-23(28)18-11-6-7-12-19(18)24/h6-9,11-14H,2-5,10,15-17H2,1H3,(H,25,28). The molecule has 0 unspecified atom stereocenters. The smallest absolute Gasteiger partial charge is 0.254 e. The number of hydrogen-bond acceptors (Lipinski definition) is 2. The Labute approximate surface area is 165 Å². The molecule has 0 atom stereocenters. The zero-order valence-corrected chi connectivity index (χ0v) is 16.5. The molecular weight excluding hydrogens is 353 g/mol. The normalized spacial score (nSPS) is 11.1. The van der Waals surface area contributed by atoms with Gasteiger partial charge in [-0.3, -0.25) is 4.79 Å². The zero-order valence-electron chi connectivity index (χ0n) is 16.5. The summed E-state index contributed by atoms with van der Waals surface area (Å²) >= 11 is 0. The molecule has 5 heteroatoms. The maximum absolute atomic E-state index is 13.6. The number of carbonyl (C=O) groups is 1. The van der Waals surface area contributed by atoms with Crippen LogP contribution < -0.4 is 5.32 Å². The van der Waals surface area contributed by atoms with Crippen molar-refractivity contribution in [3.8, 4) is 0 Å². The number of aryl methyl sites for hydroxylation is 2. The number of para-hydroxylation sites is 2. The van der Waals surface area contributed by atoms with Crippen molar-refractivity contribution in [2.24, 2.45) is 0 Å². The van der Waals surface area contributed by atoms with E-state index in [0.717, 1.165) is 56.4 Å². The van der Waals surface area contributed by atoms with Crippen molar-refractivity contribution in [2.75, 3.05) is 6.54 Å². The van der Waals surface area contributed by atoms with Crippen LogP contribution in [0.25, 0.3) is 11.0 Å². The fourth-order valence-corrected chi connectivity index (χ4v) is 3.41. The van der Waals surface area contributed by atoms with Crippen LogP contribution in [0.5, 0.6) is 0 Å². The van der Waals surface area contributed by atoms with Gasteiger partial charge in [-0.25, -0.2) is 9.37 Å². The fraction of sp³-hybridized carbons (Fsp3) is 0.391. The molecule has 28 heavy (non-hydrogen) atoms. The number of amides is 1. The number of imidazole rings is 1. The van der Waals surface area contributed by atoms with Crippen molar-refractivity contribution in [1.29, 1.82) is 0 Å². The third kappa shape index (κ3) is 4.97. The lowest BCUT2D eigenvalue weighted by Gasteiger charge is -2.09. The molecule has 0 saturated heterocycles. The van der Waals surface area contributed by atoms with Gasteiger partial charge in [0.1, 0.15) is 11.6 Å². The quantitative estimate of drug-likeness (QED) is 0.496. The highest BCUT2D eigenvalue weighted by Gasteiger charge is 2.11. The van der Waals surface area contributed by atoms with Crippen LogP contribution in [0.15, 0.2) is 48.5 Å². The van der Waals surface area contributed by atoms with Crippen molar-refractivity contribution in [2.45, 2.75) is 52.0 Å². The Morgan fingerprint density at radius 3 is 2.64 bits per heavy atom. The van der Waals surface area contributed by atoms with E-state index in [1.807, 2.05) is 6.07 Å². The fourth-order valence-electron chi connectivity index (χ4n) is 3.41.